The maximum atomic E-state index is 11.9. The van der Waals surface area contributed by atoms with Crippen LogP contribution in [0.2, 0.25) is 0 Å². The molecule has 0 radical (unpaired) electrons. The third-order valence-corrected chi connectivity index (χ3v) is 5.00. The van der Waals surface area contributed by atoms with E-state index in [1.807, 2.05) is 30.0 Å². The summed E-state index contributed by atoms with van der Waals surface area (Å²) in [5.74, 6) is 1.35. The second-order valence-electron chi connectivity index (χ2n) is 6.23. The first kappa shape index (κ1) is 17.2. The summed E-state index contributed by atoms with van der Waals surface area (Å²) in [6.07, 6.45) is 2.44. The Morgan fingerprint density at radius 3 is 2.91 bits per heavy atom. The third-order valence-electron chi connectivity index (χ3n) is 3.83. The molecule has 1 aromatic rings. The fourth-order valence-electron chi connectivity index (χ4n) is 2.65. The van der Waals surface area contributed by atoms with E-state index in [9.17, 15) is 9.90 Å². The number of aliphatic hydroxyl groups is 1. The Balaban J connectivity index is 1.77. The smallest absolute Gasteiger partial charge is 0.319 e. The van der Waals surface area contributed by atoms with Gasteiger partial charge in [0.25, 0.3) is 0 Å². The maximum Gasteiger partial charge on any atom is 0.319 e. The minimum absolute atomic E-state index is 0.171. The molecule has 0 heterocycles. The lowest BCUT2D eigenvalue weighted by atomic mass is 10.1. The lowest BCUT2D eigenvalue weighted by molar-refractivity contribution is 0.177. The van der Waals surface area contributed by atoms with Gasteiger partial charge in [-0.3, -0.25) is 0 Å². The van der Waals surface area contributed by atoms with Crippen LogP contribution in [-0.2, 0) is 5.75 Å². The van der Waals surface area contributed by atoms with Crippen molar-refractivity contribution < 1.29 is 9.90 Å². The number of hydrogen-bond donors (Lipinski definition) is 3. The monoisotopic (exact) mass is 322 g/mol. The highest BCUT2D eigenvalue weighted by Gasteiger charge is 2.22. The number of benzene rings is 1. The van der Waals surface area contributed by atoms with Crippen LogP contribution in [0.4, 0.5) is 10.5 Å². The van der Waals surface area contributed by atoms with E-state index in [1.54, 1.807) is 0 Å². The number of urea groups is 1. The van der Waals surface area contributed by atoms with Gasteiger partial charge in [-0.05, 0) is 48.1 Å². The van der Waals surface area contributed by atoms with Gasteiger partial charge in [-0.2, -0.15) is 11.8 Å². The van der Waals surface area contributed by atoms with Crippen molar-refractivity contribution in [3.63, 3.8) is 0 Å². The molecular formula is C17H26N2O2S. The van der Waals surface area contributed by atoms with E-state index in [0.29, 0.717) is 17.7 Å². The summed E-state index contributed by atoms with van der Waals surface area (Å²) in [6.45, 7) is 4.99. The van der Waals surface area contributed by atoms with Crippen molar-refractivity contribution in [3.05, 3.63) is 29.8 Å². The quantitative estimate of drug-likeness (QED) is 0.750. The summed E-state index contributed by atoms with van der Waals surface area (Å²) >= 11 is 1.89. The lowest BCUT2D eigenvalue weighted by Gasteiger charge is -2.12. The van der Waals surface area contributed by atoms with Crippen molar-refractivity contribution >= 4 is 23.5 Å². The fourth-order valence-corrected chi connectivity index (χ4v) is 3.35. The van der Waals surface area contributed by atoms with E-state index in [1.165, 1.54) is 5.56 Å². The number of thioether (sulfide) groups is 1. The van der Waals surface area contributed by atoms with Gasteiger partial charge in [0.1, 0.15) is 0 Å². The predicted molar refractivity (Wildman–Crippen MR) is 93.2 cm³/mol. The summed E-state index contributed by atoms with van der Waals surface area (Å²) < 4.78 is 0. The number of nitrogens with one attached hydrogen (secondary N) is 2. The minimum atomic E-state index is -0.190. The summed E-state index contributed by atoms with van der Waals surface area (Å²) in [5.41, 5.74) is 2.04. The summed E-state index contributed by atoms with van der Waals surface area (Å²) in [5, 5.41) is 15.9. The molecule has 0 aliphatic heterocycles. The van der Waals surface area contributed by atoms with Crippen molar-refractivity contribution in [1.29, 1.82) is 0 Å². The van der Waals surface area contributed by atoms with E-state index in [2.05, 4.69) is 30.5 Å². The molecule has 4 nitrogen and oxygen atoms in total. The molecular weight excluding hydrogens is 296 g/mol. The Labute approximate surface area is 137 Å². The average molecular weight is 322 g/mol. The minimum Gasteiger partial charge on any atom is -0.393 e. The zero-order chi connectivity index (χ0) is 15.9. The molecule has 1 fully saturated rings. The highest BCUT2D eigenvalue weighted by molar-refractivity contribution is 7.99. The number of anilines is 1. The summed E-state index contributed by atoms with van der Waals surface area (Å²) in [4.78, 5) is 11.9. The number of carbonyl (C=O) groups excluding carboxylic acids is 1. The molecule has 0 spiro atoms. The molecule has 122 valence electrons. The van der Waals surface area contributed by atoms with Gasteiger partial charge in [-0.25, -0.2) is 4.79 Å². The zero-order valence-corrected chi connectivity index (χ0v) is 14.2. The molecule has 1 saturated carbocycles. The van der Waals surface area contributed by atoms with Crippen LogP contribution in [0, 0.1) is 5.92 Å². The van der Waals surface area contributed by atoms with Crippen molar-refractivity contribution in [3.8, 4) is 0 Å². The first-order chi connectivity index (χ1) is 10.5. The van der Waals surface area contributed by atoms with Crippen molar-refractivity contribution in [1.82, 2.24) is 5.32 Å². The molecule has 2 atom stereocenters. The highest BCUT2D eigenvalue weighted by atomic mass is 32.2. The molecule has 1 aliphatic rings. The van der Waals surface area contributed by atoms with Gasteiger partial charge in [0.15, 0.2) is 0 Å². The molecule has 1 aromatic carbocycles. The zero-order valence-electron chi connectivity index (χ0n) is 13.3. The molecule has 0 saturated heterocycles. The van der Waals surface area contributed by atoms with E-state index in [-0.39, 0.29) is 12.1 Å². The van der Waals surface area contributed by atoms with E-state index in [0.717, 1.165) is 30.7 Å². The van der Waals surface area contributed by atoms with Gasteiger partial charge in [0.05, 0.1) is 6.10 Å². The number of rotatable bonds is 6. The topological polar surface area (TPSA) is 61.4 Å². The van der Waals surface area contributed by atoms with Gasteiger partial charge >= 0.3 is 6.03 Å². The van der Waals surface area contributed by atoms with Crippen molar-refractivity contribution in [2.24, 2.45) is 5.92 Å². The Morgan fingerprint density at radius 1 is 1.41 bits per heavy atom. The van der Waals surface area contributed by atoms with E-state index < -0.39 is 0 Å². The van der Waals surface area contributed by atoms with Gasteiger partial charge in [0, 0.05) is 18.0 Å². The Hall–Kier alpha value is -1.20. The first-order valence-corrected chi connectivity index (χ1v) is 9.01. The molecule has 3 N–H and O–H groups in total. The third kappa shape index (κ3) is 5.89. The molecule has 1 aliphatic carbocycles. The Kier molecular flexibility index (Phi) is 6.58. The predicted octanol–water partition coefficient (Wildman–Crippen LogP) is 3.61. The first-order valence-electron chi connectivity index (χ1n) is 7.96. The highest BCUT2D eigenvalue weighted by Crippen LogP contribution is 2.24. The molecule has 22 heavy (non-hydrogen) atoms. The van der Waals surface area contributed by atoms with Crippen LogP contribution in [0.15, 0.2) is 24.3 Å². The van der Waals surface area contributed by atoms with E-state index >= 15 is 0 Å². The molecule has 0 bridgehead atoms. The standard InChI is InChI=1S/C17H26N2O2S/c1-12(2)22-11-14-4-3-5-15(8-14)19-17(21)18-10-13-6-7-16(20)9-13/h3-5,8,12-13,16,20H,6-7,9-11H2,1-2H3,(H2,18,19,21)/t13-,16-/m0/s1. The van der Waals surface area contributed by atoms with Crippen LogP contribution in [0.1, 0.15) is 38.7 Å². The van der Waals surface area contributed by atoms with E-state index in [4.69, 9.17) is 0 Å². The number of aliphatic hydroxyl groups excluding tert-OH is 1. The van der Waals surface area contributed by atoms with Crippen LogP contribution in [-0.4, -0.2) is 29.0 Å². The average Bonchev–Trinajstić information content (AvgIpc) is 2.89. The van der Waals surface area contributed by atoms with Crippen LogP contribution < -0.4 is 10.6 Å². The van der Waals surface area contributed by atoms with Crippen molar-refractivity contribution in [2.45, 2.75) is 50.2 Å². The van der Waals surface area contributed by atoms with Gasteiger partial charge in [-0.1, -0.05) is 26.0 Å². The van der Waals surface area contributed by atoms with Gasteiger partial charge in [-0.15, -0.1) is 0 Å². The van der Waals surface area contributed by atoms with Gasteiger partial charge < -0.3 is 15.7 Å². The lowest BCUT2D eigenvalue weighted by Crippen LogP contribution is -2.32. The Morgan fingerprint density at radius 2 is 2.23 bits per heavy atom. The number of hydrogen-bond acceptors (Lipinski definition) is 3. The van der Waals surface area contributed by atoms with Crippen molar-refractivity contribution in [2.75, 3.05) is 11.9 Å². The Bertz CT molecular complexity index is 493. The molecule has 0 unspecified atom stereocenters. The van der Waals surface area contributed by atoms with Crippen LogP contribution in [0.25, 0.3) is 0 Å². The molecule has 0 aromatic heterocycles. The van der Waals surface area contributed by atoms with Gasteiger partial charge in [0.2, 0.25) is 0 Å². The fraction of sp³-hybridized carbons (Fsp3) is 0.588. The molecule has 2 rings (SSSR count). The van der Waals surface area contributed by atoms with Crippen LogP contribution >= 0.6 is 11.8 Å². The normalized spacial score (nSPS) is 21.1. The second kappa shape index (κ2) is 8.44. The maximum absolute atomic E-state index is 11.9. The number of amides is 2. The summed E-state index contributed by atoms with van der Waals surface area (Å²) in [6, 6.07) is 7.81. The van der Waals surface area contributed by atoms with Crippen LogP contribution in [0.5, 0.6) is 0 Å². The SMILES string of the molecule is CC(C)SCc1cccc(NC(=O)NC[C@H]2CC[C@H](O)C2)c1. The largest absolute Gasteiger partial charge is 0.393 e. The second-order valence-corrected chi connectivity index (χ2v) is 7.79. The number of carbonyl (C=O) groups is 1. The molecule has 2 amide bonds. The molecule has 5 heteroatoms. The van der Waals surface area contributed by atoms with Crippen LogP contribution in [0.3, 0.4) is 0 Å². The summed E-state index contributed by atoms with van der Waals surface area (Å²) in [7, 11) is 0.